The van der Waals surface area contributed by atoms with Crippen LogP contribution in [0, 0.1) is 0 Å². The van der Waals surface area contributed by atoms with Gasteiger partial charge in [0.15, 0.2) is 14.8 Å². The van der Waals surface area contributed by atoms with Crippen LogP contribution in [0.15, 0.2) is 59.5 Å². The first-order valence-corrected chi connectivity index (χ1v) is 13.0. The monoisotopic (exact) mass is 471 g/mol. The van der Waals surface area contributed by atoms with Crippen LogP contribution in [0.3, 0.4) is 0 Å². The van der Waals surface area contributed by atoms with Crippen LogP contribution in [0.2, 0.25) is 0 Å². The second kappa shape index (κ2) is 9.79. The molecule has 0 saturated carbocycles. The lowest BCUT2D eigenvalue weighted by molar-refractivity contribution is -0.131. The highest BCUT2D eigenvalue weighted by Gasteiger charge is 2.27. The third-order valence-electron chi connectivity index (χ3n) is 5.66. The number of hydrogen-bond acceptors (Lipinski definition) is 7. The van der Waals surface area contributed by atoms with E-state index in [1.54, 1.807) is 53.7 Å². The van der Waals surface area contributed by atoms with Gasteiger partial charge < -0.3 is 9.64 Å². The Hall–Kier alpha value is -2.78. The van der Waals surface area contributed by atoms with E-state index in [0.29, 0.717) is 13.1 Å². The summed E-state index contributed by atoms with van der Waals surface area (Å²) < 4.78 is 30.3. The number of para-hydroxylation sites is 1. The molecular weight excluding hydrogens is 446 g/mol. The molecule has 7 nitrogen and oxygen atoms in total. The first kappa shape index (κ1) is 22.4. The summed E-state index contributed by atoms with van der Waals surface area (Å²) in [6.45, 7) is 1.19. The molecule has 0 aliphatic carbocycles. The number of ether oxygens (including phenoxy) is 1. The number of nitrogens with zero attached hydrogens (tertiary/aromatic N) is 3. The molecular formula is C23H25N3O4S2. The molecule has 168 valence electrons. The molecule has 0 N–H and O–H groups in total. The van der Waals surface area contributed by atoms with Gasteiger partial charge in [-0.2, -0.15) is 0 Å². The number of hydrogen-bond donors (Lipinski definition) is 0. The Balaban J connectivity index is 1.33. The summed E-state index contributed by atoms with van der Waals surface area (Å²) in [6.07, 6.45) is 1.58. The highest BCUT2D eigenvalue weighted by Crippen LogP contribution is 2.36. The van der Waals surface area contributed by atoms with Gasteiger partial charge in [-0.15, -0.1) is 10.2 Å². The van der Waals surface area contributed by atoms with Gasteiger partial charge in [0.25, 0.3) is 0 Å². The normalized spacial score (nSPS) is 15.0. The molecule has 0 spiro atoms. The van der Waals surface area contributed by atoms with Crippen molar-refractivity contribution < 1.29 is 17.9 Å². The molecule has 1 fully saturated rings. The van der Waals surface area contributed by atoms with E-state index >= 15 is 0 Å². The van der Waals surface area contributed by atoms with Crippen molar-refractivity contribution in [2.45, 2.75) is 30.1 Å². The zero-order valence-corrected chi connectivity index (χ0v) is 19.4. The fourth-order valence-corrected chi connectivity index (χ4v) is 6.12. The minimum atomic E-state index is -3.45. The van der Waals surface area contributed by atoms with Crippen LogP contribution < -0.4 is 4.74 Å². The SMILES string of the molecule is COc1ccccc1-c1nnc(C2CCN(C(=O)CCS(=O)(=O)c3ccccc3)CC2)s1. The number of amides is 1. The third kappa shape index (κ3) is 4.99. The Kier molecular flexibility index (Phi) is 6.86. The number of sulfone groups is 1. The largest absolute Gasteiger partial charge is 0.496 e. The van der Waals surface area contributed by atoms with Gasteiger partial charge in [0.05, 0.1) is 23.3 Å². The second-order valence-electron chi connectivity index (χ2n) is 7.68. The summed E-state index contributed by atoms with van der Waals surface area (Å²) in [6, 6.07) is 16.0. The Bertz CT molecular complexity index is 1170. The number of rotatable bonds is 7. The van der Waals surface area contributed by atoms with Crippen molar-refractivity contribution >= 4 is 27.1 Å². The summed E-state index contributed by atoms with van der Waals surface area (Å²) in [5.74, 6) is 0.720. The molecule has 2 aromatic carbocycles. The molecule has 1 aromatic heterocycles. The summed E-state index contributed by atoms with van der Waals surface area (Å²) >= 11 is 1.56. The van der Waals surface area contributed by atoms with Crippen molar-refractivity contribution in [3.05, 3.63) is 59.6 Å². The Morgan fingerprint density at radius 1 is 1.06 bits per heavy atom. The van der Waals surface area contributed by atoms with E-state index in [2.05, 4.69) is 10.2 Å². The standard InChI is InChI=1S/C23H25N3O4S2/c1-30-20-10-6-5-9-19(20)23-25-24-22(31-23)17-11-14-26(15-12-17)21(27)13-16-32(28,29)18-7-3-2-4-8-18/h2-10,17H,11-16H2,1H3. The zero-order chi connectivity index (χ0) is 22.6. The summed E-state index contributed by atoms with van der Waals surface area (Å²) in [5, 5.41) is 10.5. The zero-order valence-electron chi connectivity index (χ0n) is 17.8. The fraction of sp³-hybridized carbons (Fsp3) is 0.348. The van der Waals surface area contributed by atoms with Crippen LogP contribution in [0.4, 0.5) is 0 Å². The third-order valence-corrected chi connectivity index (χ3v) is 8.51. The predicted molar refractivity (Wildman–Crippen MR) is 124 cm³/mol. The maximum atomic E-state index is 12.6. The Morgan fingerprint density at radius 2 is 1.75 bits per heavy atom. The topological polar surface area (TPSA) is 89.5 Å². The van der Waals surface area contributed by atoms with Crippen molar-refractivity contribution in [1.82, 2.24) is 15.1 Å². The van der Waals surface area contributed by atoms with Gasteiger partial charge in [-0.25, -0.2) is 8.42 Å². The minimum absolute atomic E-state index is 0.00134. The lowest BCUT2D eigenvalue weighted by atomic mass is 9.97. The number of aromatic nitrogens is 2. The number of carbonyl (C=O) groups is 1. The van der Waals surface area contributed by atoms with E-state index in [9.17, 15) is 13.2 Å². The molecule has 0 radical (unpaired) electrons. The van der Waals surface area contributed by atoms with Crippen molar-refractivity contribution in [1.29, 1.82) is 0 Å². The first-order chi connectivity index (χ1) is 15.5. The van der Waals surface area contributed by atoms with Crippen LogP contribution in [0.25, 0.3) is 10.6 Å². The van der Waals surface area contributed by atoms with Gasteiger partial charge >= 0.3 is 0 Å². The van der Waals surface area contributed by atoms with Gasteiger partial charge in [-0.1, -0.05) is 41.7 Å². The van der Waals surface area contributed by atoms with Gasteiger partial charge in [0, 0.05) is 25.4 Å². The van der Waals surface area contributed by atoms with Crippen LogP contribution in [-0.4, -0.2) is 55.4 Å². The van der Waals surface area contributed by atoms with Crippen molar-refractivity contribution in [2.75, 3.05) is 26.0 Å². The van der Waals surface area contributed by atoms with Crippen molar-refractivity contribution in [3.8, 4) is 16.3 Å². The van der Waals surface area contributed by atoms with Crippen molar-refractivity contribution in [3.63, 3.8) is 0 Å². The molecule has 0 bridgehead atoms. The number of likely N-dealkylation sites (tertiary alicyclic amines) is 1. The van der Waals surface area contributed by atoms with E-state index in [1.165, 1.54) is 0 Å². The molecule has 1 aliphatic heterocycles. The van der Waals surface area contributed by atoms with Gasteiger partial charge in [-0.3, -0.25) is 4.79 Å². The average molecular weight is 472 g/mol. The first-order valence-electron chi connectivity index (χ1n) is 10.5. The smallest absolute Gasteiger partial charge is 0.223 e. The molecule has 1 amide bonds. The number of carbonyl (C=O) groups excluding carboxylic acids is 1. The van der Waals surface area contributed by atoms with Crippen LogP contribution in [0.1, 0.15) is 30.2 Å². The fourth-order valence-electron chi connectivity index (χ4n) is 3.83. The molecule has 3 aromatic rings. The molecule has 9 heteroatoms. The number of methoxy groups -OCH3 is 1. The molecule has 2 heterocycles. The Morgan fingerprint density at radius 3 is 2.47 bits per heavy atom. The molecule has 1 aliphatic rings. The quantitative estimate of drug-likeness (QED) is 0.521. The van der Waals surface area contributed by atoms with Crippen molar-refractivity contribution in [2.24, 2.45) is 0 Å². The molecule has 1 saturated heterocycles. The lowest BCUT2D eigenvalue weighted by Gasteiger charge is -2.31. The summed E-state index contributed by atoms with van der Waals surface area (Å²) in [5.41, 5.74) is 0.922. The van der Waals surface area contributed by atoms with E-state index < -0.39 is 9.84 Å². The number of piperidine rings is 1. The summed E-state index contributed by atoms with van der Waals surface area (Å²) in [7, 11) is -1.81. The average Bonchev–Trinajstić information content (AvgIpc) is 3.33. The van der Waals surface area contributed by atoms with E-state index in [0.717, 1.165) is 34.2 Å². The maximum absolute atomic E-state index is 12.6. The molecule has 0 atom stereocenters. The van der Waals surface area contributed by atoms with E-state index in [1.807, 2.05) is 24.3 Å². The second-order valence-corrected chi connectivity index (χ2v) is 10.8. The van der Waals surface area contributed by atoms with Gasteiger partial charge in [0.1, 0.15) is 10.8 Å². The number of benzene rings is 2. The maximum Gasteiger partial charge on any atom is 0.223 e. The van der Waals surface area contributed by atoms with E-state index in [-0.39, 0.29) is 28.9 Å². The Labute approximate surface area is 192 Å². The molecule has 32 heavy (non-hydrogen) atoms. The highest BCUT2D eigenvalue weighted by molar-refractivity contribution is 7.91. The minimum Gasteiger partial charge on any atom is -0.496 e. The van der Waals surface area contributed by atoms with E-state index in [4.69, 9.17) is 4.74 Å². The molecule has 0 unspecified atom stereocenters. The molecule has 4 rings (SSSR count). The summed E-state index contributed by atoms with van der Waals surface area (Å²) in [4.78, 5) is 14.6. The highest BCUT2D eigenvalue weighted by atomic mass is 32.2. The van der Waals surface area contributed by atoms with Gasteiger partial charge in [-0.05, 0) is 37.1 Å². The van der Waals surface area contributed by atoms with Crippen LogP contribution >= 0.6 is 11.3 Å². The van der Waals surface area contributed by atoms with Gasteiger partial charge in [0.2, 0.25) is 5.91 Å². The predicted octanol–water partition coefficient (Wildman–Crippen LogP) is 3.78. The lowest BCUT2D eigenvalue weighted by Crippen LogP contribution is -2.38. The van der Waals surface area contributed by atoms with Crippen LogP contribution in [-0.2, 0) is 14.6 Å². The van der Waals surface area contributed by atoms with Crippen LogP contribution in [0.5, 0.6) is 5.75 Å².